The Hall–Kier alpha value is -2.07. The molecular weight excluding hydrogens is 348 g/mol. The Balaban J connectivity index is 2.54. The number of hydrogen-bond donors (Lipinski definition) is 0. The fourth-order valence-corrected chi connectivity index (χ4v) is 3.34. The van der Waals surface area contributed by atoms with Gasteiger partial charge in [-0.25, -0.2) is 4.68 Å². The van der Waals surface area contributed by atoms with Crippen molar-refractivity contribution in [1.82, 2.24) is 9.78 Å². The molecule has 0 bridgehead atoms. The van der Waals surface area contributed by atoms with E-state index < -0.39 is 0 Å². The predicted octanol–water partition coefficient (Wildman–Crippen LogP) is 5.70. The standard InChI is InChI=1S/C21H27ClN2O2/c1-7-8-11-24-21(26-6)17(12-23-24)20(25)16-9-10-18(22)19(15(16)5)14(4)13(2)3/h9-10,12H,7-8,11H2,1-6H3. The van der Waals surface area contributed by atoms with E-state index in [0.29, 0.717) is 22.0 Å². The number of unbranched alkanes of at least 4 members (excludes halogenated alkanes) is 1. The van der Waals surface area contributed by atoms with E-state index in [1.807, 2.05) is 27.7 Å². The number of halogens is 1. The molecule has 0 atom stereocenters. The third-order valence-corrected chi connectivity index (χ3v) is 5.05. The number of benzene rings is 1. The second-order valence-corrected chi connectivity index (χ2v) is 7.10. The Labute approximate surface area is 160 Å². The SMILES string of the molecule is CCCCn1ncc(C(=O)c2ccc(Cl)c(C(C)=C(C)C)c2C)c1OC. The molecule has 0 saturated heterocycles. The zero-order valence-electron chi connectivity index (χ0n) is 16.4. The summed E-state index contributed by atoms with van der Waals surface area (Å²) in [6.45, 7) is 10.9. The van der Waals surface area contributed by atoms with E-state index in [4.69, 9.17) is 16.3 Å². The van der Waals surface area contributed by atoms with E-state index in [-0.39, 0.29) is 5.78 Å². The minimum atomic E-state index is -0.0958. The van der Waals surface area contributed by atoms with Crippen LogP contribution < -0.4 is 4.74 Å². The van der Waals surface area contributed by atoms with Gasteiger partial charge in [0.25, 0.3) is 0 Å². The number of carbonyl (C=O) groups is 1. The summed E-state index contributed by atoms with van der Waals surface area (Å²) in [4.78, 5) is 13.2. The van der Waals surface area contributed by atoms with Gasteiger partial charge >= 0.3 is 0 Å². The number of nitrogens with zero attached hydrogens (tertiary/aromatic N) is 2. The molecule has 26 heavy (non-hydrogen) atoms. The van der Waals surface area contributed by atoms with E-state index >= 15 is 0 Å². The molecule has 0 N–H and O–H groups in total. The van der Waals surface area contributed by atoms with Gasteiger partial charge in [-0.3, -0.25) is 4.79 Å². The first-order chi connectivity index (χ1) is 12.3. The summed E-state index contributed by atoms with van der Waals surface area (Å²) >= 11 is 6.42. The number of hydrogen-bond acceptors (Lipinski definition) is 3. The molecule has 1 aromatic carbocycles. The molecule has 0 fully saturated rings. The molecule has 1 heterocycles. The fourth-order valence-electron chi connectivity index (χ4n) is 2.99. The van der Waals surface area contributed by atoms with Gasteiger partial charge in [-0.1, -0.05) is 30.5 Å². The Bertz CT molecular complexity index is 846. The monoisotopic (exact) mass is 374 g/mol. The normalized spacial score (nSPS) is 10.7. The van der Waals surface area contributed by atoms with Gasteiger partial charge in [0, 0.05) is 17.1 Å². The van der Waals surface area contributed by atoms with Crippen LogP contribution in [0.25, 0.3) is 5.57 Å². The van der Waals surface area contributed by atoms with Gasteiger partial charge in [0.2, 0.25) is 5.88 Å². The van der Waals surface area contributed by atoms with Crippen molar-refractivity contribution >= 4 is 23.0 Å². The molecule has 2 aromatic rings. The van der Waals surface area contributed by atoms with E-state index in [9.17, 15) is 4.79 Å². The smallest absolute Gasteiger partial charge is 0.223 e. The summed E-state index contributed by atoms with van der Waals surface area (Å²) in [6, 6.07) is 3.57. The Kier molecular flexibility index (Phi) is 6.65. The first kappa shape index (κ1) is 20.2. The van der Waals surface area contributed by atoms with Gasteiger partial charge in [-0.05, 0) is 62.9 Å². The number of methoxy groups -OCH3 is 1. The summed E-state index contributed by atoms with van der Waals surface area (Å²) in [7, 11) is 1.57. The number of carbonyl (C=O) groups excluding carboxylic acids is 1. The van der Waals surface area contributed by atoms with E-state index in [1.54, 1.807) is 30.1 Å². The van der Waals surface area contributed by atoms with Crippen molar-refractivity contribution in [2.75, 3.05) is 7.11 Å². The van der Waals surface area contributed by atoms with Crippen LogP contribution in [0.4, 0.5) is 0 Å². The third-order valence-electron chi connectivity index (χ3n) is 4.74. The molecule has 0 spiro atoms. The number of rotatable bonds is 7. The minimum Gasteiger partial charge on any atom is -0.481 e. The number of aromatic nitrogens is 2. The van der Waals surface area contributed by atoms with Crippen molar-refractivity contribution in [2.24, 2.45) is 0 Å². The zero-order chi connectivity index (χ0) is 19.4. The molecule has 0 unspecified atom stereocenters. The first-order valence-electron chi connectivity index (χ1n) is 8.91. The lowest BCUT2D eigenvalue weighted by Gasteiger charge is -2.15. The highest BCUT2D eigenvalue weighted by molar-refractivity contribution is 6.32. The van der Waals surface area contributed by atoms with Gasteiger partial charge < -0.3 is 4.74 Å². The average molecular weight is 375 g/mol. The zero-order valence-corrected chi connectivity index (χ0v) is 17.2. The average Bonchev–Trinajstić information content (AvgIpc) is 3.02. The molecule has 0 amide bonds. The lowest BCUT2D eigenvalue weighted by atomic mass is 9.92. The summed E-state index contributed by atoms with van der Waals surface area (Å²) in [5.74, 6) is 0.417. The highest BCUT2D eigenvalue weighted by Crippen LogP contribution is 2.33. The first-order valence-corrected chi connectivity index (χ1v) is 9.29. The maximum Gasteiger partial charge on any atom is 0.223 e. The number of aryl methyl sites for hydroxylation is 1. The highest BCUT2D eigenvalue weighted by atomic mass is 35.5. The minimum absolute atomic E-state index is 0.0958. The third kappa shape index (κ3) is 3.85. The molecule has 0 saturated carbocycles. The molecule has 0 aliphatic heterocycles. The quantitative estimate of drug-likeness (QED) is 0.584. The van der Waals surface area contributed by atoms with Crippen LogP contribution in [0.5, 0.6) is 5.88 Å². The van der Waals surface area contributed by atoms with E-state index in [1.165, 1.54) is 5.57 Å². The molecule has 0 aliphatic carbocycles. The second kappa shape index (κ2) is 8.54. The fraction of sp³-hybridized carbons (Fsp3) is 0.429. The maximum absolute atomic E-state index is 13.2. The van der Waals surface area contributed by atoms with E-state index in [0.717, 1.165) is 36.1 Å². The maximum atomic E-state index is 13.2. The predicted molar refractivity (Wildman–Crippen MR) is 107 cm³/mol. The van der Waals surface area contributed by atoms with Crippen molar-refractivity contribution in [2.45, 2.75) is 54.0 Å². The number of ether oxygens (including phenoxy) is 1. The van der Waals surface area contributed by atoms with Crippen LogP contribution in [0.15, 0.2) is 23.9 Å². The van der Waals surface area contributed by atoms with Crippen LogP contribution in [-0.2, 0) is 6.54 Å². The van der Waals surface area contributed by atoms with Crippen LogP contribution in [0.1, 0.15) is 67.6 Å². The highest BCUT2D eigenvalue weighted by Gasteiger charge is 2.23. The molecule has 5 heteroatoms. The lowest BCUT2D eigenvalue weighted by molar-refractivity contribution is 0.103. The van der Waals surface area contributed by atoms with Crippen LogP contribution >= 0.6 is 11.6 Å². The Morgan fingerprint density at radius 2 is 1.92 bits per heavy atom. The van der Waals surface area contributed by atoms with Crippen LogP contribution in [0.3, 0.4) is 0 Å². The van der Waals surface area contributed by atoms with Gasteiger partial charge in [-0.15, -0.1) is 0 Å². The van der Waals surface area contributed by atoms with Gasteiger partial charge in [0.15, 0.2) is 5.78 Å². The number of ketones is 1. The summed E-state index contributed by atoms with van der Waals surface area (Å²) in [5.41, 5.74) is 5.17. The molecule has 4 nitrogen and oxygen atoms in total. The van der Waals surface area contributed by atoms with Gasteiger partial charge in [0.1, 0.15) is 5.56 Å². The van der Waals surface area contributed by atoms with Crippen molar-refractivity contribution in [1.29, 1.82) is 0 Å². The van der Waals surface area contributed by atoms with Crippen molar-refractivity contribution < 1.29 is 9.53 Å². The Morgan fingerprint density at radius 1 is 1.23 bits per heavy atom. The van der Waals surface area contributed by atoms with Crippen molar-refractivity contribution in [3.8, 4) is 5.88 Å². The second-order valence-electron chi connectivity index (χ2n) is 6.69. The lowest BCUT2D eigenvalue weighted by Crippen LogP contribution is -2.09. The molecule has 0 radical (unpaired) electrons. The van der Waals surface area contributed by atoms with Gasteiger partial charge in [0.05, 0.1) is 13.3 Å². The van der Waals surface area contributed by atoms with Crippen LogP contribution in [0, 0.1) is 6.92 Å². The molecule has 1 aromatic heterocycles. The summed E-state index contributed by atoms with van der Waals surface area (Å²) in [5, 5.41) is 5.00. The van der Waals surface area contributed by atoms with E-state index in [2.05, 4.69) is 12.0 Å². The largest absolute Gasteiger partial charge is 0.481 e. The molecule has 0 aliphatic rings. The Morgan fingerprint density at radius 3 is 2.50 bits per heavy atom. The van der Waals surface area contributed by atoms with Crippen molar-refractivity contribution in [3.05, 3.63) is 51.2 Å². The van der Waals surface area contributed by atoms with Crippen molar-refractivity contribution in [3.63, 3.8) is 0 Å². The number of allylic oxidation sites excluding steroid dienone is 2. The van der Waals surface area contributed by atoms with Gasteiger partial charge in [-0.2, -0.15) is 5.10 Å². The molecule has 2 rings (SSSR count). The molecular formula is C21H27ClN2O2. The summed E-state index contributed by atoms with van der Waals surface area (Å²) < 4.78 is 7.23. The molecule has 140 valence electrons. The van der Waals surface area contributed by atoms with Crippen LogP contribution in [-0.4, -0.2) is 22.7 Å². The van der Waals surface area contributed by atoms with Crippen LogP contribution in [0.2, 0.25) is 5.02 Å². The topological polar surface area (TPSA) is 44.1 Å². The summed E-state index contributed by atoms with van der Waals surface area (Å²) in [6.07, 6.45) is 3.63.